The summed E-state index contributed by atoms with van der Waals surface area (Å²) >= 11 is 0. The number of nitrogens with one attached hydrogen (secondary N) is 2. The van der Waals surface area contributed by atoms with E-state index in [1.807, 2.05) is 30.3 Å². The second kappa shape index (κ2) is 6.75. The number of unbranched alkanes of at least 4 members (excludes halogenated alkanes) is 1. The maximum absolute atomic E-state index is 11.3. The molecular formula is C15H19N3O2. The summed E-state index contributed by atoms with van der Waals surface area (Å²) < 4.78 is 0. The van der Waals surface area contributed by atoms with Crippen molar-refractivity contribution in [2.45, 2.75) is 26.3 Å². The average molecular weight is 273 g/mol. The summed E-state index contributed by atoms with van der Waals surface area (Å²) in [4.78, 5) is 29.7. The fraction of sp³-hybridized carbons (Fsp3) is 0.333. The smallest absolute Gasteiger partial charge is 0.325 e. The van der Waals surface area contributed by atoms with Crippen LogP contribution in [-0.4, -0.2) is 16.5 Å². The molecule has 0 saturated carbocycles. The molecule has 0 radical (unpaired) electrons. The third-order valence-electron chi connectivity index (χ3n) is 3.08. The van der Waals surface area contributed by atoms with Gasteiger partial charge in [0.1, 0.15) is 0 Å². The molecule has 2 aromatic rings. The highest BCUT2D eigenvalue weighted by atomic mass is 16.2. The molecule has 1 aromatic heterocycles. The number of para-hydroxylation sites is 1. The van der Waals surface area contributed by atoms with Gasteiger partial charge in [0.15, 0.2) is 0 Å². The lowest BCUT2D eigenvalue weighted by Gasteiger charge is -2.24. The van der Waals surface area contributed by atoms with Crippen molar-refractivity contribution in [2.75, 3.05) is 11.4 Å². The maximum atomic E-state index is 11.3. The highest BCUT2D eigenvalue weighted by molar-refractivity contribution is 5.46. The molecular weight excluding hydrogens is 254 g/mol. The second-order valence-electron chi connectivity index (χ2n) is 4.72. The quantitative estimate of drug-likeness (QED) is 0.844. The summed E-state index contributed by atoms with van der Waals surface area (Å²) in [7, 11) is 0. The Kier molecular flexibility index (Phi) is 4.76. The Morgan fingerprint density at radius 3 is 2.50 bits per heavy atom. The highest BCUT2D eigenvalue weighted by Crippen LogP contribution is 2.16. The summed E-state index contributed by atoms with van der Waals surface area (Å²) in [6.07, 6.45) is 2.15. The van der Waals surface area contributed by atoms with Crippen molar-refractivity contribution >= 4 is 5.69 Å². The zero-order valence-corrected chi connectivity index (χ0v) is 11.6. The van der Waals surface area contributed by atoms with Crippen LogP contribution in [0.25, 0.3) is 0 Å². The summed E-state index contributed by atoms with van der Waals surface area (Å²) in [6, 6.07) is 11.4. The first-order valence-electron chi connectivity index (χ1n) is 6.81. The van der Waals surface area contributed by atoms with Gasteiger partial charge >= 0.3 is 5.69 Å². The number of anilines is 1. The molecule has 0 aliphatic rings. The van der Waals surface area contributed by atoms with Gasteiger partial charge in [-0.1, -0.05) is 31.5 Å². The van der Waals surface area contributed by atoms with E-state index in [9.17, 15) is 9.59 Å². The minimum Gasteiger partial charge on any atom is -0.366 e. The minimum absolute atomic E-state index is 0.368. The van der Waals surface area contributed by atoms with Gasteiger partial charge in [-0.15, -0.1) is 0 Å². The lowest BCUT2D eigenvalue weighted by atomic mass is 10.2. The first-order valence-corrected chi connectivity index (χ1v) is 6.81. The molecule has 0 fully saturated rings. The second-order valence-corrected chi connectivity index (χ2v) is 4.72. The van der Waals surface area contributed by atoms with Crippen LogP contribution >= 0.6 is 0 Å². The molecule has 0 atom stereocenters. The normalized spacial score (nSPS) is 10.4. The standard InChI is InChI=1S/C15H19N3O2/c1-2-3-9-18(13-7-5-4-6-8-13)11-12-10-14(19)17-15(20)16-12/h4-8,10H,2-3,9,11H2,1H3,(H2,16,17,19,20). The van der Waals surface area contributed by atoms with Crippen molar-refractivity contribution in [2.24, 2.45) is 0 Å². The van der Waals surface area contributed by atoms with E-state index in [1.54, 1.807) is 0 Å². The van der Waals surface area contributed by atoms with Crippen molar-refractivity contribution in [1.29, 1.82) is 0 Å². The molecule has 0 aliphatic carbocycles. The van der Waals surface area contributed by atoms with Crippen LogP contribution in [0, 0.1) is 0 Å². The van der Waals surface area contributed by atoms with Gasteiger partial charge in [-0.2, -0.15) is 0 Å². The number of aromatic amines is 2. The first-order chi connectivity index (χ1) is 9.69. The van der Waals surface area contributed by atoms with E-state index < -0.39 is 5.69 Å². The third-order valence-corrected chi connectivity index (χ3v) is 3.08. The predicted octanol–water partition coefficient (Wildman–Crippen LogP) is 1.87. The molecule has 0 aliphatic heterocycles. The Labute approximate surface area is 117 Å². The third kappa shape index (κ3) is 3.85. The molecule has 106 valence electrons. The molecule has 0 saturated heterocycles. The molecule has 1 heterocycles. The van der Waals surface area contributed by atoms with Crippen molar-refractivity contribution in [3.8, 4) is 0 Å². The Hall–Kier alpha value is -2.30. The number of hydrogen-bond donors (Lipinski definition) is 2. The van der Waals surface area contributed by atoms with E-state index in [4.69, 9.17) is 0 Å². The summed E-state index contributed by atoms with van der Waals surface area (Å²) in [6.45, 7) is 3.54. The van der Waals surface area contributed by atoms with E-state index in [1.165, 1.54) is 6.07 Å². The number of hydrogen-bond acceptors (Lipinski definition) is 3. The molecule has 0 amide bonds. The van der Waals surface area contributed by atoms with Gasteiger partial charge in [-0.25, -0.2) is 4.79 Å². The monoisotopic (exact) mass is 273 g/mol. The van der Waals surface area contributed by atoms with E-state index >= 15 is 0 Å². The van der Waals surface area contributed by atoms with Gasteiger partial charge in [-0.3, -0.25) is 9.78 Å². The number of H-pyrrole nitrogens is 2. The lowest BCUT2D eigenvalue weighted by Crippen LogP contribution is -2.29. The largest absolute Gasteiger partial charge is 0.366 e. The van der Waals surface area contributed by atoms with Crippen LogP contribution in [0.15, 0.2) is 46.0 Å². The minimum atomic E-state index is -0.462. The van der Waals surface area contributed by atoms with Gasteiger partial charge in [-0.05, 0) is 18.6 Å². The van der Waals surface area contributed by atoms with E-state index in [2.05, 4.69) is 21.8 Å². The van der Waals surface area contributed by atoms with Gasteiger partial charge in [0.05, 0.1) is 6.54 Å². The van der Waals surface area contributed by atoms with Crippen LogP contribution in [0.5, 0.6) is 0 Å². The van der Waals surface area contributed by atoms with Crippen molar-refractivity contribution in [1.82, 2.24) is 9.97 Å². The fourth-order valence-corrected chi connectivity index (χ4v) is 2.10. The number of rotatable bonds is 6. The summed E-state index contributed by atoms with van der Waals surface area (Å²) in [5.41, 5.74) is 0.879. The molecule has 2 rings (SSSR count). The SMILES string of the molecule is CCCCN(Cc1cc(=O)[nH]c(=O)[nH]1)c1ccccc1. The topological polar surface area (TPSA) is 69.0 Å². The number of benzene rings is 1. The lowest BCUT2D eigenvalue weighted by molar-refractivity contribution is 0.704. The highest BCUT2D eigenvalue weighted by Gasteiger charge is 2.08. The van der Waals surface area contributed by atoms with Crippen molar-refractivity contribution < 1.29 is 0 Å². The summed E-state index contributed by atoms with van der Waals surface area (Å²) in [5, 5.41) is 0. The molecule has 20 heavy (non-hydrogen) atoms. The van der Waals surface area contributed by atoms with Crippen LogP contribution in [0.4, 0.5) is 5.69 Å². The van der Waals surface area contributed by atoms with Crippen LogP contribution < -0.4 is 16.1 Å². The zero-order valence-electron chi connectivity index (χ0n) is 11.6. The molecule has 5 heteroatoms. The van der Waals surface area contributed by atoms with E-state index in [-0.39, 0.29) is 5.56 Å². The van der Waals surface area contributed by atoms with Crippen LogP contribution in [-0.2, 0) is 6.54 Å². The summed E-state index contributed by atoms with van der Waals surface area (Å²) in [5.74, 6) is 0. The van der Waals surface area contributed by atoms with E-state index in [0.29, 0.717) is 12.2 Å². The molecule has 0 bridgehead atoms. The van der Waals surface area contributed by atoms with E-state index in [0.717, 1.165) is 25.1 Å². The Morgan fingerprint density at radius 2 is 1.85 bits per heavy atom. The Morgan fingerprint density at radius 1 is 1.10 bits per heavy atom. The number of aromatic nitrogens is 2. The molecule has 0 unspecified atom stereocenters. The zero-order chi connectivity index (χ0) is 14.4. The van der Waals surface area contributed by atoms with Crippen LogP contribution in [0.3, 0.4) is 0 Å². The van der Waals surface area contributed by atoms with Gasteiger partial charge < -0.3 is 9.88 Å². The van der Waals surface area contributed by atoms with Crippen molar-refractivity contribution in [3.63, 3.8) is 0 Å². The molecule has 1 aromatic carbocycles. The van der Waals surface area contributed by atoms with Crippen molar-refractivity contribution in [3.05, 3.63) is 62.9 Å². The number of nitrogens with zero attached hydrogens (tertiary/aromatic N) is 1. The average Bonchev–Trinajstić information content (AvgIpc) is 2.43. The van der Waals surface area contributed by atoms with Gasteiger partial charge in [0, 0.05) is 24.0 Å². The molecule has 2 N–H and O–H groups in total. The van der Waals surface area contributed by atoms with Gasteiger partial charge in [0.2, 0.25) is 0 Å². The molecule has 5 nitrogen and oxygen atoms in total. The molecule has 0 spiro atoms. The Bertz CT molecular complexity index is 618. The first kappa shape index (κ1) is 14.1. The maximum Gasteiger partial charge on any atom is 0.325 e. The Balaban J connectivity index is 2.23. The van der Waals surface area contributed by atoms with Crippen LogP contribution in [0.1, 0.15) is 25.5 Å². The van der Waals surface area contributed by atoms with Gasteiger partial charge in [0.25, 0.3) is 5.56 Å². The predicted molar refractivity (Wildman–Crippen MR) is 80.1 cm³/mol. The fourth-order valence-electron chi connectivity index (χ4n) is 2.10. The van der Waals surface area contributed by atoms with Crippen LogP contribution in [0.2, 0.25) is 0 Å².